The molecule has 1 heterocycles. The van der Waals surface area contributed by atoms with E-state index in [-0.39, 0.29) is 82.7 Å². The van der Waals surface area contributed by atoms with Crippen LogP contribution in [-0.2, 0) is 25.7 Å². The van der Waals surface area contributed by atoms with Gasteiger partial charge in [0, 0.05) is 49.8 Å². The van der Waals surface area contributed by atoms with Crippen LogP contribution < -0.4 is 9.47 Å². The summed E-state index contributed by atoms with van der Waals surface area (Å²) in [4.78, 5) is 32.6. The number of unbranched alkanes of at least 4 members (excludes halogenated alkanes) is 2. The first-order valence-electron chi connectivity index (χ1n) is 22.4. The van der Waals surface area contributed by atoms with Crippen LogP contribution in [0, 0.1) is 27.9 Å². The lowest BCUT2D eigenvalue weighted by atomic mass is 9.55. The molecule has 0 aromatic heterocycles. The molecule has 346 valence electrons. The molecule has 3 aliphatic rings. The van der Waals surface area contributed by atoms with Crippen molar-refractivity contribution in [1.82, 2.24) is 4.90 Å². The number of carbonyl (C=O) groups excluding carboxylic acids is 1. The van der Waals surface area contributed by atoms with Gasteiger partial charge in [-0.2, -0.15) is 0 Å². The minimum absolute atomic E-state index is 0.00961. The lowest BCUT2D eigenvalue weighted by molar-refractivity contribution is -0.384. The maximum absolute atomic E-state index is 14.0. The quantitative estimate of drug-likeness (QED) is 0.0279. The zero-order valence-electron chi connectivity index (χ0n) is 36.8. The number of amides is 1. The highest BCUT2D eigenvalue weighted by molar-refractivity contribution is 6.03. The zero-order valence-corrected chi connectivity index (χ0v) is 36.8. The fourth-order valence-corrected chi connectivity index (χ4v) is 9.80. The molecule has 7 rings (SSSR count). The highest BCUT2D eigenvalue weighted by Crippen LogP contribution is 2.62. The number of nitro groups is 1. The predicted octanol–water partition coefficient (Wildman–Crippen LogP) is 8.45. The maximum Gasteiger partial charge on any atom is 0.410 e. The molecule has 4 aromatic rings. The Hall–Kier alpha value is -5.84. The molecule has 0 saturated heterocycles. The zero-order chi connectivity index (χ0) is 45.8. The number of benzene rings is 4. The van der Waals surface area contributed by atoms with Gasteiger partial charge in [0.1, 0.15) is 29.9 Å². The van der Waals surface area contributed by atoms with E-state index in [4.69, 9.17) is 33.7 Å². The molecule has 1 aliphatic heterocycles. The summed E-state index contributed by atoms with van der Waals surface area (Å²) in [5.41, 5.74) is 2.91. The van der Waals surface area contributed by atoms with E-state index in [0.29, 0.717) is 41.4 Å². The molecule has 4 aromatic carbocycles. The van der Waals surface area contributed by atoms with Gasteiger partial charge >= 0.3 is 6.09 Å². The molecule has 1 saturated carbocycles. The average molecular weight is 894 g/mol. The molecule has 0 bridgehead atoms. The lowest BCUT2D eigenvalue weighted by Gasteiger charge is -2.59. The Morgan fingerprint density at radius 1 is 0.938 bits per heavy atom. The number of carbonyl (C=O) groups is 1. The Morgan fingerprint density at radius 3 is 2.40 bits per heavy atom. The molecule has 0 radical (unpaired) electrons. The van der Waals surface area contributed by atoms with Crippen LogP contribution in [0.25, 0.3) is 10.8 Å². The number of nitro benzene ring substituents is 1. The number of methoxy groups -OCH3 is 1. The number of nitrogens with zero attached hydrogens (tertiary/aromatic N) is 3. The number of aliphatic hydroxyl groups excluding tert-OH is 3. The summed E-state index contributed by atoms with van der Waals surface area (Å²) in [5, 5.41) is 47.7. The normalized spacial score (nSPS) is 22.6. The summed E-state index contributed by atoms with van der Waals surface area (Å²) in [7, 11) is 1.31. The van der Waals surface area contributed by atoms with Gasteiger partial charge in [0.15, 0.2) is 0 Å². The second kappa shape index (κ2) is 22.4. The van der Waals surface area contributed by atoms with Gasteiger partial charge in [-0.1, -0.05) is 60.5 Å². The Kier molecular flexibility index (Phi) is 16.2. The van der Waals surface area contributed by atoms with Crippen LogP contribution in [0.3, 0.4) is 0 Å². The molecule has 15 heteroatoms. The summed E-state index contributed by atoms with van der Waals surface area (Å²) < 4.78 is 32.0. The fraction of sp³-hybridized carbons (Fsp3) is 0.440. The van der Waals surface area contributed by atoms with E-state index >= 15 is 0 Å². The molecule has 65 heavy (non-hydrogen) atoms. The van der Waals surface area contributed by atoms with Gasteiger partial charge in [-0.25, -0.2) is 4.79 Å². The first-order valence-corrected chi connectivity index (χ1v) is 22.4. The van der Waals surface area contributed by atoms with Crippen LogP contribution in [0.2, 0.25) is 0 Å². The Labute approximate surface area is 379 Å². The van der Waals surface area contributed by atoms with Crippen molar-refractivity contribution in [2.45, 2.75) is 69.3 Å². The van der Waals surface area contributed by atoms with E-state index < -0.39 is 28.8 Å². The minimum Gasteiger partial charge on any atom is -0.459 e. The molecule has 1 fully saturated rings. The third kappa shape index (κ3) is 10.7. The first-order chi connectivity index (χ1) is 31.7. The molecule has 15 nitrogen and oxygen atoms in total. The van der Waals surface area contributed by atoms with Crippen LogP contribution in [0.4, 0.5) is 10.5 Å². The van der Waals surface area contributed by atoms with Crippen LogP contribution in [0.1, 0.15) is 62.0 Å². The van der Waals surface area contributed by atoms with Crippen molar-refractivity contribution in [2.75, 3.05) is 53.3 Å². The Bertz CT molecular complexity index is 2320. The first kappa shape index (κ1) is 47.1. The summed E-state index contributed by atoms with van der Waals surface area (Å²) in [6.07, 6.45) is 7.60. The summed E-state index contributed by atoms with van der Waals surface area (Å²) in [6.45, 7) is 4.19. The number of ether oxygens (including phenoxy) is 5. The average Bonchev–Trinajstić information content (AvgIpc) is 3.32. The van der Waals surface area contributed by atoms with Crippen molar-refractivity contribution >= 4 is 28.3 Å². The smallest absolute Gasteiger partial charge is 0.410 e. The number of hydrogen-bond acceptors (Lipinski definition) is 13. The Balaban J connectivity index is 1.40. The summed E-state index contributed by atoms with van der Waals surface area (Å²) in [6, 6.07) is 25.1. The molecule has 6 atom stereocenters. The largest absolute Gasteiger partial charge is 0.459 e. The van der Waals surface area contributed by atoms with Crippen LogP contribution in [0.15, 0.2) is 114 Å². The van der Waals surface area contributed by atoms with Crippen LogP contribution in [-0.4, -0.2) is 102 Å². The number of non-ortho nitro benzene ring substituents is 1. The lowest BCUT2D eigenvalue weighted by Crippen LogP contribution is -2.70. The van der Waals surface area contributed by atoms with Crippen LogP contribution in [0.5, 0.6) is 17.2 Å². The minimum atomic E-state index is -1.54. The molecule has 2 aliphatic carbocycles. The topological polar surface area (TPSA) is 192 Å². The highest BCUT2D eigenvalue weighted by atomic mass is 16.7. The maximum atomic E-state index is 14.0. The van der Waals surface area contributed by atoms with Crippen molar-refractivity contribution in [3.05, 3.63) is 130 Å². The van der Waals surface area contributed by atoms with Crippen molar-refractivity contribution in [3.8, 4) is 17.2 Å². The van der Waals surface area contributed by atoms with Crippen molar-refractivity contribution in [3.63, 3.8) is 0 Å². The van der Waals surface area contributed by atoms with E-state index in [0.717, 1.165) is 47.6 Å². The molecule has 0 spiro atoms. The van der Waals surface area contributed by atoms with Gasteiger partial charge in [-0.3, -0.25) is 15.0 Å². The van der Waals surface area contributed by atoms with Gasteiger partial charge < -0.3 is 43.8 Å². The second-order valence-electron chi connectivity index (χ2n) is 16.6. The third-order valence-corrected chi connectivity index (χ3v) is 12.7. The fourth-order valence-electron chi connectivity index (χ4n) is 9.80. The number of allylic oxidation sites excluding steroid dienone is 1. The number of oxime groups is 1. The number of rotatable bonds is 23. The summed E-state index contributed by atoms with van der Waals surface area (Å²) >= 11 is 0. The summed E-state index contributed by atoms with van der Waals surface area (Å²) in [5.74, 6) is -0.640. The number of hydrogen-bond donors (Lipinski definition) is 3. The number of fused-ring (bicyclic) bond motifs is 3. The van der Waals surface area contributed by atoms with Crippen molar-refractivity contribution < 1.29 is 53.6 Å². The second-order valence-corrected chi connectivity index (χ2v) is 16.6. The molecule has 1 amide bonds. The van der Waals surface area contributed by atoms with Crippen LogP contribution >= 0.6 is 0 Å². The monoisotopic (exact) mass is 893 g/mol. The van der Waals surface area contributed by atoms with Gasteiger partial charge in [0.25, 0.3) is 5.69 Å². The number of aliphatic hydroxyl groups is 3. The van der Waals surface area contributed by atoms with E-state index in [9.17, 15) is 30.2 Å². The third-order valence-electron chi connectivity index (χ3n) is 12.7. The molecular formula is C50H59N3O12. The molecular weight excluding hydrogens is 835 g/mol. The van der Waals surface area contributed by atoms with E-state index in [2.05, 4.69) is 18.7 Å². The van der Waals surface area contributed by atoms with Gasteiger partial charge in [-0.15, -0.1) is 6.58 Å². The van der Waals surface area contributed by atoms with Crippen molar-refractivity contribution in [1.29, 1.82) is 0 Å². The van der Waals surface area contributed by atoms with Crippen molar-refractivity contribution in [2.24, 2.45) is 22.9 Å². The van der Waals surface area contributed by atoms with Gasteiger partial charge in [0.2, 0.25) is 5.79 Å². The standard InChI is InChI=1S/C50H59N3O12/c1-3-26-62-50-46(52(49(57)60-2)22-27-61-28-25-56)32-44(51-63-33-34-14-17-38(18-15-34)53(58)59)42-30-37(12-6-8-23-54)41(13-7-9-24-55)47(48(42)50)43-31-40(20-21-45(43)65-50)64-39-19-16-35-10-4-5-11-36(35)29-39/h3-5,10-11,14-21,29-31,37,41,46-48,54-56H,1,6-9,12-13,22-28,32-33H2,2H3. The molecule has 3 N–H and O–H groups in total. The van der Waals surface area contributed by atoms with Gasteiger partial charge in [-0.05, 0) is 102 Å². The molecule has 6 unspecified atom stereocenters. The SMILES string of the molecule is C=CCOC12Oc3ccc(Oc4ccc5ccccc5c4)cc3C3C(CCCCO)C(CCCCO)C=C(C(=NOCc4ccc([N+](=O)[O-])cc4)CC1N(CCOCCO)C(=O)OC)C32. The van der Waals surface area contributed by atoms with E-state index in [1.807, 2.05) is 54.6 Å². The van der Waals surface area contributed by atoms with E-state index in [1.165, 1.54) is 24.1 Å². The van der Waals surface area contributed by atoms with E-state index in [1.54, 1.807) is 18.2 Å². The predicted molar refractivity (Wildman–Crippen MR) is 244 cm³/mol. The Morgan fingerprint density at radius 2 is 1.68 bits per heavy atom. The van der Waals surface area contributed by atoms with Gasteiger partial charge in [0.05, 0.1) is 50.1 Å². The highest BCUT2D eigenvalue weighted by Gasteiger charge is 2.65.